The van der Waals surface area contributed by atoms with E-state index < -0.39 is 12.1 Å². The highest BCUT2D eigenvalue weighted by atomic mass is 16.5. The number of benzene rings is 1. The molecule has 1 aliphatic carbocycles. The molecule has 0 saturated carbocycles. The fraction of sp³-hybridized carbons (Fsp3) is 0.389. The van der Waals surface area contributed by atoms with Gasteiger partial charge in [-0.15, -0.1) is 0 Å². The summed E-state index contributed by atoms with van der Waals surface area (Å²) in [5, 5.41) is 6.57. The Morgan fingerprint density at radius 1 is 1.40 bits per heavy atom. The number of anilines is 1. The average molecular weight is 343 g/mol. The van der Waals surface area contributed by atoms with E-state index in [2.05, 4.69) is 16.5 Å². The van der Waals surface area contributed by atoms with E-state index in [0.717, 1.165) is 24.8 Å². The molecule has 1 aromatic carbocycles. The molecule has 0 spiro atoms. The van der Waals surface area contributed by atoms with Crippen LogP contribution in [-0.4, -0.2) is 23.1 Å². The number of hydrogen-bond donors (Lipinski definition) is 2. The Balaban J connectivity index is 1.65. The van der Waals surface area contributed by atoms with Gasteiger partial charge in [-0.05, 0) is 44.2 Å². The summed E-state index contributed by atoms with van der Waals surface area (Å²) in [4.78, 5) is 24.6. The molecule has 25 heavy (non-hydrogen) atoms. The Kier molecular flexibility index (Phi) is 4.74. The predicted molar refractivity (Wildman–Crippen MR) is 90.8 cm³/mol. The number of hydrogen-bond acceptors (Lipinski definition) is 6. The number of amides is 1. The highest BCUT2D eigenvalue weighted by Gasteiger charge is 2.27. The Morgan fingerprint density at radius 3 is 2.88 bits per heavy atom. The number of nitrogen functional groups attached to an aromatic ring is 1. The zero-order valence-electron chi connectivity index (χ0n) is 14.2. The lowest BCUT2D eigenvalue weighted by Crippen LogP contribution is -2.39. The van der Waals surface area contributed by atoms with E-state index in [9.17, 15) is 9.59 Å². The van der Waals surface area contributed by atoms with Crippen molar-refractivity contribution in [3.8, 4) is 0 Å². The summed E-state index contributed by atoms with van der Waals surface area (Å²) in [6.45, 7) is 3.11. The smallest absolute Gasteiger partial charge is 0.346 e. The lowest BCUT2D eigenvalue weighted by atomic mass is 9.87. The number of esters is 1. The van der Waals surface area contributed by atoms with Crippen molar-refractivity contribution in [3.63, 3.8) is 0 Å². The van der Waals surface area contributed by atoms with Crippen molar-refractivity contribution in [3.05, 3.63) is 46.6 Å². The maximum absolute atomic E-state index is 12.4. The van der Waals surface area contributed by atoms with Crippen LogP contribution in [-0.2, 0) is 16.0 Å². The molecule has 0 fully saturated rings. The highest BCUT2D eigenvalue weighted by molar-refractivity contribution is 5.96. The standard InChI is InChI=1S/C18H21N3O4/c1-10-15(16(19)25-21-10)18(23)24-11(2)17(22)20-14-9-5-7-12-6-3-4-8-13(12)14/h3-4,6,8,11,14H,5,7,9,19H2,1-2H3,(H,20,22)/t11-,14-/m1/s1. The molecule has 1 heterocycles. The van der Waals surface area contributed by atoms with E-state index in [4.69, 9.17) is 15.0 Å². The topological polar surface area (TPSA) is 107 Å². The maximum atomic E-state index is 12.4. The molecule has 2 aromatic rings. The Bertz CT molecular complexity index is 780. The van der Waals surface area contributed by atoms with Crippen molar-refractivity contribution in [2.45, 2.75) is 45.3 Å². The average Bonchev–Trinajstić information content (AvgIpc) is 2.93. The third-order valence-electron chi connectivity index (χ3n) is 4.43. The van der Waals surface area contributed by atoms with Gasteiger partial charge in [0.2, 0.25) is 5.88 Å². The Hall–Kier alpha value is -2.83. The van der Waals surface area contributed by atoms with Crippen LogP contribution < -0.4 is 11.1 Å². The molecule has 0 aliphatic heterocycles. The summed E-state index contributed by atoms with van der Waals surface area (Å²) in [5.41, 5.74) is 8.33. The number of ether oxygens (including phenoxy) is 1. The molecule has 2 atom stereocenters. The molecule has 0 unspecified atom stereocenters. The molecule has 0 bridgehead atoms. The summed E-state index contributed by atoms with van der Waals surface area (Å²) >= 11 is 0. The van der Waals surface area contributed by atoms with Gasteiger partial charge in [0.25, 0.3) is 5.91 Å². The van der Waals surface area contributed by atoms with Gasteiger partial charge in [-0.2, -0.15) is 0 Å². The summed E-state index contributed by atoms with van der Waals surface area (Å²) in [7, 11) is 0. The van der Waals surface area contributed by atoms with Gasteiger partial charge in [0.15, 0.2) is 6.10 Å². The number of carbonyl (C=O) groups is 2. The van der Waals surface area contributed by atoms with Gasteiger partial charge < -0.3 is 20.3 Å². The van der Waals surface area contributed by atoms with Crippen molar-refractivity contribution in [2.75, 3.05) is 5.73 Å². The first-order valence-corrected chi connectivity index (χ1v) is 8.28. The predicted octanol–water partition coefficient (Wildman–Crippen LogP) is 2.30. The quantitative estimate of drug-likeness (QED) is 0.825. The lowest BCUT2D eigenvalue weighted by Gasteiger charge is -2.27. The molecule has 7 nitrogen and oxygen atoms in total. The number of aromatic nitrogens is 1. The Labute approximate surface area is 145 Å². The minimum atomic E-state index is -0.949. The molecule has 1 amide bonds. The molecule has 3 N–H and O–H groups in total. The van der Waals surface area contributed by atoms with Crippen LogP contribution in [0, 0.1) is 6.92 Å². The van der Waals surface area contributed by atoms with Crippen LogP contribution in [0.4, 0.5) is 5.88 Å². The third-order valence-corrected chi connectivity index (χ3v) is 4.43. The monoisotopic (exact) mass is 343 g/mol. The second kappa shape index (κ2) is 6.96. The van der Waals surface area contributed by atoms with Crippen molar-refractivity contribution in [1.82, 2.24) is 10.5 Å². The lowest BCUT2D eigenvalue weighted by molar-refractivity contribution is -0.130. The number of nitrogens with two attached hydrogens (primary N) is 1. The number of carbonyl (C=O) groups excluding carboxylic acids is 2. The van der Waals surface area contributed by atoms with E-state index >= 15 is 0 Å². The van der Waals surface area contributed by atoms with Crippen molar-refractivity contribution in [2.24, 2.45) is 0 Å². The first-order valence-electron chi connectivity index (χ1n) is 8.28. The molecule has 0 radical (unpaired) electrons. The van der Waals surface area contributed by atoms with Crippen LogP contribution in [0.15, 0.2) is 28.8 Å². The molecule has 0 saturated heterocycles. The molecule has 1 aliphatic rings. The van der Waals surface area contributed by atoms with E-state index in [1.807, 2.05) is 18.2 Å². The largest absolute Gasteiger partial charge is 0.449 e. The van der Waals surface area contributed by atoms with Gasteiger partial charge in [-0.3, -0.25) is 4.79 Å². The SMILES string of the molecule is Cc1noc(N)c1C(=O)O[C@H](C)C(=O)N[C@@H]1CCCc2ccccc21. The summed E-state index contributed by atoms with van der Waals surface area (Å²) in [6, 6.07) is 8.00. The molecular weight excluding hydrogens is 322 g/mol. The van der Waals surface area contributed by atoms with Crippen LogP contribution in [0.2, 0.25) is 0 Å². The van der Waals surface area contributed by atoms with Crippen LogP contribution in [0.5, 0.6) is 0 Å². The maximum Gasteiger partial charge on any atom is 0.346 e. The van der Waals surface area contributed by atoms with Crippen LogP contribution >= 0.6 is 0 Å². The van der Waals surface area contributed by atoms with Crippen LogP contribution in [0.3, 0.4) is 0 Å². The highest BCUT2D eigenvalue weighted by Crippen LogP contribution is 2.29. The number of fused-ring (bicyclic) bond motifs is 1. The van der Waals surface area contributed by atoms with Gasteiger partial charge in [0.05, 0.1) is 11.7 Å². The first-order chi connectivity index (χ1) is 12.0. The normalized spacial score (nSPS) is 17.4. The van der Waals surface area contributed by atoms with Gasteiger partial charge in [0, 0.05) is 0 Å². The second-order valence-electron chi connectivity index (χ2n) is 6.21. The summed E-state index contributed by atoms with van der Waals surface area (Å²) in [6.07, 6.45) is 1.93. The second-order valence-corrected chi connectivity index (χ2v) is 6.21. The molecular formula is C18H21N3O4. The molecule has 7 heteroatoms. The zero-order valence-corrected chi connectivity index (χ0v) is 14.2. The van der Waals surface area contributed by atoms with E-state index in [1.54, 1.807) is 6.92 Å². The fourth-order valence-corrected chi connectivity index (χ4v) is 3.10. The van der Waals surface area contributed by atoms with Gasteiger partial charge in [-0.1, -0.05) is 29.4 Å². The zero-order chi connectivity index (χ0) is 18.0. The third kappa shape index (κ3) is 3.50. The van der Waals surface area contributed by atoms with E-state index in [0.29, 0.717) is 5.69 Å². The first kappa shape index (κ1) is 17.0. The Morgan fingerprint density at radius 2 is 2.16 bits per heavy atom. The van der Waals surface area contributed by atoms with Gasteiger partial charge in [-0.25, -0.2) is 4.79 Å². The number of nitrogens with zero attached hydrogens (tertiary/aromatic N) is 1. The minimum absolute atomic E-state index is 0.0580. The summed E-state index contributed by atoms with van der Waals surface area (Å²) < 4.78 is 9.96. The molecule has 1 aromatic heterocycles. The van der Waals surface area contributed by atoms with Crippen molar-refractivity contribution < 1.29 is 18.8 Å². The number of nitrogens with one attached hydrogen (secondary N) is 1. The van der Waals surface area contributed by atoms with Gasteiger partial charge >= 0.3 is 5.97 Å². The van der Waals surface area contributed by atoms with Crippen molar-refractivity contribution in [1.29, 1.82) is 0 Å². The summed E-state index contributed by atoms with van der Waals surface area (Å²) in [5.74, 6) is -1.18. The fourth-order valence-electron chi connectivity index (χ4n) is 3.10. The van der Waals surface area contributed by atoms with Crippen molar-refractivity contribution >= 4 is 17.8 Å². The van der Waals surface area contributed by atoms with Crippen LogP contribution in [0.25, 0.3) is 0 Å². The molecule has 3 rings (SSSR count). The van der Waals surface area contributed by atoms with Crippen LogP contribution in [0.1, 0.15) is 53.0 Å². The van der Waals surface area contributed by atoms with E-state index in [-0.39, 0.29) is 23.4 Å². The molecule has 132 valence electrons. The van der Waals surface area contributed by atoms with E-state index in [1.165, 1.54) is 12.5 Å². The number of aryl methyl sites for hydroxylation is 2. The number of rotatable bonds is 4. The minimum Gasteiger partial charge on any atom is -0.449 e. The van der Waals surface area contributed by atoms with Gasteiger partial charge in [0.1, 0.15) is 5.56 Å².